The molecular weight excluding hydrogens is 1090 g/mol. The molecular formula is C55H87N15O14. The van der Waals surface area contributed by atoms with Crippen LogP contribution >= 0.6 is 0 Å². The fourth-order valence-corrected chi connectivity index (χ4v) is 9.42. The van der Waals surface area contributed by atoms with Crippen LogP contribution in [0, 0.1) is 11.8 Å². The molecule has 1 aliphatic rings. The molecule has 12 amide bonds. The summed E-state index contributed by atoms with van der Waals surface area (Å²) in [7, 11) is 0. The minimum Gasteiger partial charge on any atom is -0.481 e. The van der Waals surface area contributed by atoms with Gasteiger partial charge >= 0.3 is 5.97 Å². The quantitative estimate of drug-likeness (QED) is 0.0301. The normalized spacial score (nSPS) is 16.3. The summed E-state index contributed by atoms with van der Waals surface area (Å²) in [6, 6.07) is -5.99. The molecule has 1 saturated heterocycles. The molecule has 0 bridgehead atoms. The van der Waals surface area contributed by atoms with Crippen molar-refractivity contribution in [3.05, 3.63) is 36.0 Å². The number of benzene rings is 1. The molecule has 1 aromatic heterocycles. The standard InChI is InChI=1S/C55H87N15O14/c1-28(2)44(46(59)75)69-52(81)39(25-33-27-60-35-16-9-8-15-34(33)35)67-50(79)37(18-11-13-23-57)64-49(78)36(17-10-12-22-56)65-51(80)38(20-21-43(73)74)66-53(82)41-19-14-24-70(41)55(84)40(26-42(58)72)68-48(77)31(6)61-47(76)30(5)62-54(83)45(29(3)4)63-32(7)71/h8-9,15-16,27-31,36-41,44-45,60H,10-14,17-26,56-57H2,1-7H3,(H2,58,72)(H2,59,75)(H,61,76)(H,62,83)(H,63,71)(H,64,78)(H,65,80)(H,66,82)(H,67,79)(H,68,77)(H,69,81)(H,73,74). The number of carboxylic acids is 1. The summed E-state index contributed by atoms with van der Waals surface area (Å²) in [6.07, 6.45) is 1.39. The van der Waals surface area contributed by atoms with Gasteiger partial charge in [-0.25, -0.2) is 0 Å². The number of H-pyrrole nitrogens is 1. The molecule has 0 saturated carbocycles. The summed E-state index contributed by atoms with van der Waals surface area (Å²) in [6.45, 7) is 11.0. The molecule has 0 aliphatic carbocycles. The van der Waals surface area contributed by atoms with Crippen LogP contribution in [0.4, 0.5) is 0 Å². The lowest BCUT2D eigenvalue weighted by Gasteiger charge is -2.30. The molecule has 0 radical (unpaired) electrons. The molecule has 466 valence electrons. The minimum atomic E-state index is -1.66. The van der Waals surface area contributed by atoms with Crippen LogP contribution < -0.4 is 70.8 Å². The van der Waals surface area contributed by atoms with E-state index >= 15 is 0 Å². The molecule has 29 heteroatoms. The maximum atomic E-state index is 14.4. The Labute approximate surface area is 487 Å². The smallest absolute Gasteiger partial charge is 0.303 e. The molecule has 29 nitrogen and oxygen atoms in total. The second kappa shape index (κ2) is 34.4. The summed E-state index contributed by atoms with van der Waals surface area (Å²) in [5, 5.41) is 33.5. The Kier molecular flexibility index (Phi) is 28.7. The second-order valence-electron chi connectivity index (χ2n) is 21.7. The monoisotopic (exact) mass is 1180 g/mol. The number of nitrogens with two attached hydrogens (primary N) is 4. The van der Waals surface area contributed by atoms with Crippen molar-refractivity contribution >= 4 is 87.8 Å². The van der Waals surface area contributed by atoms with Crippen LogP contribution in [-0.4, -0.2) is 172 Å². The zero-order valence-electron chi connectivity index (χ0n) is 48.9. The number of unbranched alkanes of at least 4 members (excludes halogenated alkanes) is 2. The number of aromatic nitrogens is 1. The molecule has 1 aliphatic heterocycles. The van der Waals surface area contributed by atoms with E-state index in [9.17, 15) is 67.4 Å². The number of fused-ring (bicyclic) bond motifs is 1. The van der Waals surface area contributed by atoms with Crippen molar-refractivity contribution in [2.45, 2.75) is 186 Å². The lowest BCUT2D eigenvalue weighted by atomic mass is 10.00. The second-order valence-corrected chi connectivity index (χ2v) is 21.7. The average Bonchev–Trinajstić information content (AvgIpc) is 4.17. The molecule has 3 rings (SSSR count). The summed E-state index contributed by atoms with van der Waals surface area (Å²) in [4.78, 5) is 177. The van der Waals surface area contributed by atoms with Gasteiger partial charge < -0.3 is 85.8 Å². The number of aromatic amines is 1. The number of para-hydroxylation sites is 1. The van der Waals surface area contributed by atoms with Crippen molar-refractivity contribution in [3.63, 3.8) is 0 Å². The zero-order chi connectivity index (χ0) is 63.0. The number of rotatable bonds is 36. The third-order valence-electron chi connectivity index (χ3n) is 14.1. The largest absolute Gasteiger partial charge is 0.481 e. The van der Waals surface area contributed by atoms with E-state index in [1.54, 1.807) is 40.0 Å². The fraction of sp³-hybridized carbons (Fsp3) is 0.618. The van der Waals surface area contributed by atoms with Gasteiger partial charge in [-0.3, -0.25) is 62.3 Å². The first kappa shape index (κ1) is 70.1. The topological polar surface area (TPSA) is 474 Å². The van der Waals surface area contributed by atoms with E-state index in [4.69, 9.17) is 22.9 Å². The lowest BCUT2D eigenvalue weighted by Crippen LogP contribution is -2.60. The SMILES string of the molecule is CC(=O)NC(C(=O)NC(C)C(=O)NC(C)C(=O)NC(CC(N)=O)C(=O)N1CCCC1C(=O)NC(CCC(=O)O)C(=O)NC(CCCCN)C(=O)NC(CCCCN)C(=O)NC(Cc1c[nH]c2ccccc12)C(=O)NC(C(N)=O)C(C)C)C(C)C. The summed E-state index contributed by atoms with van der Waals surface area (Å²) in [5.41, 5.74) is 24.1. The highest BCUT2D eigenvalue weighted by molar-refractivity contribution is 6.00. The van der Waals surface area contributed by atoms with Crippen LogP contribution in [0.1, 0.15) is 125 Å². The highest BCUT2D eigenvalue weighted by Gasteiger charge is 2.41. The molecule has 1 fully saturated rings. The van der Waals surface area contributed by atoms with Gasteiger partial charge in [0.05, 0.1) is 6.42 Å². The first-order chi connectivity index (χ1) is 39.6. The Morgan fingerprint density at radius 3 is 1.61 bits per heavy atom. The molecule has 84 heavy (non-hydrogen) atoms. The van der Waals surface area contributed by atoms with Crippen molar-refractivity contribution in [2.75, 3.05) is 19.6 Å². The van der Waals surface area contributed by atoms with Crippen LogP contribution in [0.2, 0.25) is 0 Å². The van der Waals surface area contributed by atoms with E-state index in [1.807, 2.05) is 18.2 Å². The number of likely N-dealkylation sites (tertiary alicyclic amines) is 1. The van der Waals surface area contributed by atoms with Crippen LogP contribution in [-0.2, 0) is 68.7 Å². The summed E-state index contributed by atoms with van der Waals surface area (Å²) < 4.78 is 0. The van der Waals surface area contributed by atoms with E-state index in [1.165, 1.54) is 20.8 Å². The summed E-state index contributed by atoms with van der Waals surface area (Å²) in [5.74, 6) is -12.0. The Morgan fingerprint density at radius 2 is 1.10 bits per heavy atom. The van der Waals surface area contributed by atoms with Crippen LogP contribution in [0.3, 0.4) is 0 Å². The number of hydrogen-bond donors (Lipinski definition) is 15. The van der Waals surface area contributed by atoms with Gasteiger partial charge in [-0.1, -0.05) is 45.9 Å². The molecule has 19 N–H and O–H groups in total. The van der Waals surface area contributed by atoms with Crippen molar-refractivity contribution < 1.29 is 67.4 Å². The number of aliphatic carboxylic acids is 1. The third-order valence-corrected chi connectivity index (χ3v) is 14.1. The van der Waals surface area contributed by atoms with Crippen molar-refractivity contribution in [2.24, 2.45) is 34.8 Å². The Balaban J connectivity index is 1.86. The van der Waals surface area contributed by atoms with Gasteiger partial charge in [0.1, 0.15) is 60.4 Å². The Bertz CT molecular complexity index is 2660. The Morgan fingerprint density at radius 1 is 0.595 bits per heavy atom. The highest BCUT2D eigenvalue weighted by atomic mass is 16.4. The number of carboxylic acid groups (broad SMARTS) is 1. The maximum Gasteiger partial charge on any atom is 0.303 e. The Hall–Kier alpha value is -8.21. The molecule has 2 heterocycles. The van der Waals surface area contributed by atoms with E-state index < -0.39 is 162 Å². The molecule has 1 aromatic carbocycles. The highest BCUT2D eigenvalue weighted by Crippen LogP contribution is 2.22. The third kappa shape index (κ3) is 22.2. The van der Waals surface area contributed by atoms with Crippen LogP contribution in [0.5, 0.6) is 0 Å². The number of primary amides is 2. The van der Waals surface area contributed by atoms with E-state index in [2.05, 4.69) is 52.8 Å². The zero-order valence-corrected chi connectivity index (χ0v) is 48.9. The predicted octanol–water partition coefficient (Wildman–Crippen LogP) is -3.08. The maximum absolute atomic E-state index is 14.4. The first-order valence-corrected chi connectivity index (χ1v) is 28.3. The first-order valence-electron chi connectivity index (χ1n) is 28.3. The van der Waals surface area contributed by atoms with E-state index in [-0.39, 0.29) is 64.1 Å². The molecule has 0 spiro atoms. The lowest BCUT2D eigenvalue weighted by molar-refractivity contribution is -0.143. The minimum absolute atomic E-state index is 0.0171. The van der Waals surface area contributed by atoms with Gasteiger partial charge in [0, 0.05) is 43.4 Å². The van der Waals surface area contributed by atoms with Gasteiger partial charge in [0.15, 0.2) is 0 Å². The number of nitrogens with one attached hydrogen (secondary N) is 10. The van der Waals surface area contributed by atoms with Gasteiger partial charge in [0.25, 0.3) is 0 Å². The van der Waals surface area contributed by atoms with Crippen molar-refractivity contribution in [1.29, 1.82) is 0 Å². The van der Waals surface area contributed by atoms with Gasteiger partial charge in [-0.2, -0.15) is 0 Å². The van der Waals surface area contributed by atoms with Gasteiger partial charge in [-0.15, -0.1) is 0 Å². The predicted molar refractivity (Wildman–Crippen MR) is 306 cm³/mol. The number of carbonyl (C=O) groups excluding carboxylic acids is 12. The number of amides is 12. The average molecular weight is 1180 g/mol. The van der Waals surface area contributed by atoms with Gasteiger partial charge in [-0.05, 0) is 108 Å². The van der Waals surface area contributed by atoms with E-state index in [0.717, 1.165) is 15.8 Å². The van der Waals surface area contributed by atoms with E-state index in [0.29, 0.717) is 24.8 Å². The summed E-state index contributed by atoms with van der Waals surface area (Å²) >= 11 is 0. The van der Waals surface area contributed by atoms with Gasteiger partial charge in [0.2, 0.25) is 70.9 Å². The van der Waals surface area contributed by atoms with Crippen molar-refractivity contribution in [3.8, 4) is 0 Å². The number of hydrogen-bond acceptors (Lipinski definition) is 15. The molecule has 10 atom stereocenters. The molecule has 10 unspecified atom stereocenters. The van der Waals surface area contributed by atoms with Crippen LogP contribution in [0.15, 0.2) is 30.5 Å². The number of carbonyl (C=O) groups is 13. The molecule has 2 aromatic rings. The fourth-order valence-electron chi connectivity index (χ4n) is 9.42. The number of nitrogens with zero attached hydrogens (tertiary/aromatic N) is 1. The van der Waals surface area contributed by atoms with Crippen LogP contribution in [0.25, 0.3) is 10.9 Å². The van der Waals surface area contributed by atoms with Crippen molar-refractivity contribution in [1.82, 2.24) is 57.7 Å².